The van der Waals surface area contributed by atoms with E-state index in [-0.39, 0.29) is 18.4 Å². The van der Waals surface area contributed by atoms with Gasteiger partial charge in [-0.3, -0.25) is 14.5 Å². The minimum atomic E-state index is -0.776. The summed E-state index contributed by atoms with van der Waals surface area (Å²) < 4.78 is 7.48. The quantitative estimate of drug-likeness (QED) is 0.303. The van der Waals surface area contributed by atoms with Gasteiger partial charge in [0.2, 0.25) is 5.91 Å². The highest BCUT2D eigenvalue weighted by Crippen LogP contribution is 2.41. The molecule has 1 unspecified atom stereocenters. The molecule has 3 heterocycles. The Balaban J connectivity index is 1.15. The Labute approximate surface area is 245 Å². The van der Waals surface area contributed by atoms with E-state index in [1.54, 1.807) is 24.5 Å². The first-order valence-corrected chi connectivity index (χ1v) is 15.1. The van der Waals surface area contributed by atoms with Crippen molar-refractivity contribution in [3.8, 4) is 11.3 Å². The number of carbonyl (C=O) groups is 3. The minimum Gasteiger partial charge on any atom is -0.444 e. The van der Waals surface area contributed by atoms with E-state index in [2.05, 4.69) is 20.6 Å². The number of thioether (sulfide) groups is 1. The third kappa shape index (κ3) is 6.13. The largest absolute Gasteiger partial charge is 0.444 e. The van der Waals surface area contributed by atoms with Gasteiger partial charge in [0.1, 0.15) is 23.8 Å². The van der Waals surface area contributed by atoms with Crippen molar-refractivity contribution in [1.82, 2.24) is 24.8 Å². The number of nitrogens with one attached hydrogen (secondary N) is 2. The van der Waals surface area contributed by atoms with Crippen LogP contribution in [0.4, 0.5) is 9.93 Å². The maximum Gasteiger partial charge on any atom is 0.412 e. The van der Waals surface area contributed by atoms with Crippen molar-refractivity contribution < 1.29 is 19.1 Å². The number of benzene rings is 2. The molecule has 210 valence electrons. The molecule has 4 aromatic rings. The topological polar surface area (TPSA) is 118 Å². The average Bonchev–Trinajstić information content (AvgIpc) is 3.33. The van der Waals surface area contributed by atoms with Gasteiger partial charge in [-0.25, -0.2) is 14.8 Å². The standard InChI is InChI=1S/C29H28N6O4S2/c1-34-14-13-30-24(34)27-35(29(38)39-15-18-5-3-2-4-6-18)23(17-40-27)26(37)33-28-32-22(16-41-28)19-7-9-20(10-8-19)25(36)31-21-11-12-21/h2-10,13-14,16,21,23,27H,11-12,15,17H2,1H3,(H,31,36)(H,32,33,37)/t23?,27-/m1/s1. The third-order valence-electron chi connectivity index (χ3n) is 6.89. The number of amides is 3. The monoisotopic (exact) mass is 588 g/mol. The van der Waals surface area contributed by atoms with E-state index >= 15 is 0 Å². The van der Waals surface area contributed by atoms with Crippen LogP contribution in [-0.2, 0) is 23.2 Å². The Kier molecular flexibility index (Phi) is 7.75. The van der Waals surface area contributed by atoms with Gasteiger partial charge in [-0.1, -0.05) is 42.5 Å². The molecule has 12 heteroatoms. The molecule has 10 nitrogen and oxygen atoms in total. The molecule has 41 heavy (non-hydrogen) atoms. The first kappa shape index (κ1) is 27.0. The molecule has 1 aliphatic carbocycles. The van der Waals surface area contributed by atoms with Gasteiger partial charge in [0.25, 0.3) is 5.91 Å². The Hall–Kier alpha value is -4.16. The predicted molar refractivity (Wildman–Crippen MR) is 157 cm³/mol. The summed E-state index contributed by atoms with van der Waals surface area (Å²) >= 11 is 2.76. The lowest BCUT2D eigenvalue weighted by molar-refractivity contribution is -0.120. The van der Waals surface area contributed by atoms with Gasteiger partial charge >= 0.3 is 6.09 Å². The Morgan fingerprint density at radius 1 is 1.07 bits per heavy atom. The number of ether oxygens (including phenoxy) is 1. The zero-order chi connectivity index (χ0) is 28.3. The van der Waals surface area contributed by atoms with E-state index in [0.29, 0.717) is 34.0 Å². The maximum atomic E-state index is 13.5. The number of imidazole rings is 1. The molecule has 6 rings (SSSR count). The van der Waals surface area contributed by atoms with E-state index in [0.717, 1.165) is 24.0 Å². The number of anilines is 1. The fourth-order valence-electron chi connectivity index (χ4n) is 4.48. The van der Waals surface area contributed by atoms with Crippen LogP contribution in [0.15, 0.2) is 72.4 Å². The Bertz CT molecular complexity index is 1550. The van der Waals surface area contributed by atoms with Crippen LogP contribution >= 0.6 is 23.1 Å². The second-order valence-electron chi connectivity index (χ2n) is 9.90. The molecule has 1 saturated carbocycles. The average molecular weight is 589 g/mol. The molecule has 2 aliphatic rings. The minimum absolute atomic E-state index is 0.0737. The molecule has 1 aliphatic heterocycles. The molecule has 1 saturated heterocycles. The van der Waals surface area contributed by atoms with Crippen LogP contribution in [0.5, 0.6) is 0 Å². The predicted octanol–water partition coefficient (Wildman–Crippen LogP) is 4.83. The van der Waals surface area contributed by atoms with Crippen molar-refractivity contribution in [2.24, 2.45) is 7.05 Å². The van der Waals surface area contributed by atoms with Crippen LogP contribution < -0.4 is 10.6 Å². The summed E-state index contributed by atoms with van der Waals surface area (Å²) in [5.41, 5.74) is 2.98. The molecule has 2 fully saturated rings. The van der Waals surface area contributed by atoms with Crippen LogP contribution in [0.3, 0.4) is 0 Å². The Morgan fingerprint density at radius 2 is 1.85 bits per heavy atom. The third-order valence-corrected chi connectivity index (χ3v) is 8.91. The lowest BCUT2D eigenvalue weighted by Crippen LogP contribution is -2.46. The van der Waals surface area contributed by atoms with Crippen LogP contribution in [0.2, 0.25) is 0 Å². The molecule has 2 aromatic carbocycles. The number of aryl methyl sites for hydroxylation is 1. The van der Waals surface area contributed by atoms with Crippen molar-refractivity contribution in [2.75, 3.05) is 11.1 Å². The molecule has 2 aromatic heterocycles. The fraction of sp³-hybridized carbons (Fsp3) is 0.276. The number of hydrogen-bond acceptors (Lipinski definition) is 8. The summed E-state index contributed by atoms with van der Waals surface area (Å²) in [6, 6.07) is 16.2. The molecule has 2 N–H and O–H groups in total. The second-order valence-corrected chi connectivity index (χ2v) is 11.9. The van der Waals surface area contributed by atoms with E-state index in [1.807, 2.05) is 59.5 Å². The van der Waals surface area contributed by atoms with Gasteiger partial charge in [-0.05, 0) is 30.5 Å². The smallest absolute Gasteiger partial charge is 0.412 e. The van der Waals surface area contributed by atoms with Gasteiger partial charge in [-0.2, -0.15) is 0 Å². The molecule has 2 atom stereocenters. The second kappa shape index (κ2) is 11.8. The molecule has 0 radical (unpaired) electrons. The van der Waals surface area contributed by atoms with Crippen LogP contribution in [-0.4, -0.2) is 55.2 Å². The zero-order valence-corrected chi connectivity index (χ0v) is 23.9. The molecule has 0 spiro atoms. The lowest BCUT2D eigenvalue weighted by atomic mass is 10.1. The van der Waals surface area contributed by atoms with E-state index in [4.69, 9.17) is 4.74 Å². The van der Waals surface area contributed by atoms with E-state index in [1.165, 1.54) is 28.0 Å². The van der Waals surface area contributed by atoms with E-state index < -0.39 is 17.5 Å². The van der Waals surface area contributed by atoms with Crippen molar-refractivity contribution in [3.63, 3.8) is 0 Å². The highest BCUT2D eigenvalue weighted by molar-refractivity contribution is 7.99. The Morgan fingerprint density at radius 3 is 2.56 bits per heavy atom. The SMILES string of the molecule is Cn1ccnc1[C@H]1SCC(C(=O)Nc2nc(-c3ccc(C(=O)NC4CC4)cc3)cs2)N1C(=O)OCc1ccccc1. The number of nitrogens with zero attached hydrogens (tertiary/aromatic N) is 4. The summed E-state index contributed by atoms with van der Waals surface area (Å²) in [5.74, 6) is 0.619. The van der Waals surface area contributed by atoms with Gasteiger partial charge in [0, 0.05) is 47.7 Å². The first-order valence-electron chi connectivity index (χ1n) is 13.2. The number of carbonyl (C=O) groups excluding carboxylic acids is 3. The number of thiazole rings is 1. The molecular weight excluding hydrogens is 560 g/mol. The fourth-order valence-corrected chi connectivity index (χ4v) is 6.65. The molecule has 3 amide bonds. The van der Waals surface area contributed by atoms with Gasteiger partial charge in [-0.15, -0.1) is 23.1 Å². The number of hydrogen-bond donors (Lipinski definition) is 2. The van der Waals surface area contributed by atoms with E-state index in [9.17, 15) is 14.4 Å². The van der Waals surface area contributed by atoms with Gasteiger partial charge < -0.3 is 19.9 Å². The van der Waals surface area contributed by atoms with Crippen molar-refractivity contribution in [2.45, 2.75) is 36.9 Å². The normalized spacial score (nSPS) is 18.2. The molecular formula is C29H28N6O4S2. The number of rotatable bonds is 8. The summed E-state index contributed by atoms with van der Waals surface area (Å²) in [6.07, 6.45) is 4.96. The summed E-state index contributed by atoms with van der Waals surface area (Å²) in [6.45, 7) is 0.0966. The van der Waals surface area contributed by atoms with Crippen LogP contribution in [0, 0.1) is 0 Å². The lowest BCUT2D eigenvalue weighted by Gasteiger charge is -2.27. The highest BCUT2D eigenvalue weighted by atomic mass is 32.2. The van der Waals surface area contributed by atoms with Gasteiger partial charge in [0.05, 0.1) is 5.69 Å². The highest BCUT2D eigenvalue weighted by Gasteiger charge is 2.45. The van der Waals surface area contributed by atoms with Crippen molar-refractivity contribution in [1.29, 1.82) is 0 Å². The first-order chi connectivity index (χ1) is 20.0. The summed E-state index contributed by atoms with van der Waals surface area (Å²) in [4.78, 5) is 49.6. The van der Waals surface area contributed by atoms with Crippen molar-refractivity contribution in [3.05, 3.63) is 89.3 Å². The molecule has 0 bridgehead atoms. The summed E-state index contributed by atoms with van der Waals surface area (Å²) in [7, 11) is 1.85. The van der Waals surface area contributed by atoms with Crippen LogP contribution in [0.1, 0.15) is 40.0 Å². The maximum absolute atomic E-state index is 13.5. The van der Waals surface area contributed by atoms with Crippen LogP contribution in [0.25, 0.3) is 11.3 Å². The van der Waals surface area contributed by atoms with Gasteiger partial charge in [0.15, 0.2) is 5.13 Å². The van der Waals surface area contributed by atoms with Crippen molar-refractivity contribution >= 4 is 46.1 Å². The number of aromatic nitrogens is 3. The summed E-state index contributed by atoms with van der Waals surface area (Å²) in [5, 5.41) is 7.66. The zero-order valence-electron chi connectivity index (χ0n) is 22.2.